The van der Waals surface area contributed by atoms with E-state index in [1.807, 2.05) is 19.1 Å². The van der Waals surface area contributed by atoms with Gasteiger partial charge in [0.05, 0.1) is 25.6 Å². The van der Waals surface area contributed by atoms with Crippen LogP contribution in [0.4, 0.5) is 0 Å². The van der Waals surface area contributed by atoms with Gasteiger partial charge in [0.1, 0.15) is 0 Å². The quantitative estimate of drug-likeness (QED) is 0.416. The molecule has 1 aliphatic carbocycles. The van der Waals surface area contributed by atoms with Crippen LogP contribution in [0.25, 0.3) is 0 Å². The minimum Gasteiger partial charge on any atom is -0.469 e. The van der Waals surface area contributed by atoms with Gasteiger partial charge >= 0.3 is 11.9 Å². The van der Waals surface area contributed by atoms with Gasteiger partial charge in [0.15, 0.2) is 0 Å². The molecule has 5 atom stereocenters. The SMILES string of the molecule is COC(=O)[C@@H]1[C@@H]([C@@H](C)O[Si])C=C[C@H]2COC(=O)[C@H]12. The van der Waals surface area contributed by atoms with E-state index in [-0.39, 0.29) is 23.9 Å². The number of hydrogen-bond acceptors (Lipinski definition) is 5. The van der Waals surface area contributed by atoms with Gasteiger partial charge in [0.2, 0.25) is 10.5 Å². The molecule has 97 valence electrons. The van der Waals surface area contributed by atoms with Gasteiger partial charge in [0.25, 0.3) is 0 Å². The Morgan fingerprint density at radius 3 is 2.89 bits per heavy atom. The highest BCUT2D eigenvalue weighted by atomic mass is 28.2. The van der Waals surface area contributed by atoms with Crippen LogP contribution in [-0.2, 0) is 23.5 Å². The fraction of sp³-hybridized carbons (Fsp3) is 0.667. The minimum atomic E-state index is -0.550. The van der Waals surface area contributed by atoms with Gasteiger partial charge in [-0.05, 0) is 6.92 Å². The maximum Gasteiger partial charge on any atom is 0.310 e. The van der Waals surface area contributed by atoms with Crippen molar-refractivity contribution in [1.82, 2.24) is 0 Å². The van der Waals surface area contributed by atoms with Gasteiger partial charge in [-0.3, -0.25) is 9.59 Å². The standard InChI is InChI=1S/C12H15O5Si/c1-6(17-18)8-4-3-7-5-16-12(14)9(7)10(8)11(13)15-2/h3-4,6-10H,5H2,1-2H3/t6-,7+,8-,9+,10-/m1/s1. The molecule has 0 spiro atoms. The lowest BCUT2D eigenvalue weighted by Crippen LogP contribution is -2.43. The third kappa shape index (κ3) is 2.10. The van der Waals surface area contributed by atoms with Crippen molar-refractivity contribution in [3.8, 4) is 0 Å². The fourth-order valence-electron chi connectivity index (χ4n) is 2.74. The number of cyclic esters (lactones) is 1. The Labute approximate surface area is 109 Å². The molecule has 18 heavy (non-hydrogen) atoms. The number of hydrogen-bond donors (Lipinski definition) is 0. The first-order valence-electron chi connectivity index (χ1n) is 5.85. The van der Waals surface area contributed by atoms with E-state index in [0.29, 0.717) is 6.61 Å². The molecule has 0 bridgehead atoms. The summed E-state index contributed by atoms with van der Waals surface area (Å²) in [6, 6.07) is 0. The lowest BCUT2D eigenvalue weighted by atomic mass is 9.70. The zero-order chi connectivity index (χ0) is 13.3. The van der Waals surface area contributed by atoms with Crippen LogP contribution in [-0.4, -0.2) is 42.2 Å². The molecule has 0 N–H and O–H groups in total. The molecule has 0 unspecified atom stereocenters. The molecule has 0 amide bonds. The Morgan fingerprint density at radius 2 is 2.28 bits per heavy atom. The van der Waals surface area contributed by atoms with Crippen molar-refractivity contribution in [3.63, 3.8) is 0 Å². The first-order chi connectivity index (χ1) is 8.60. The number of ether oxygens (including phenoxy) is 2. The van der Waals surface area contributed by atoms with Crippen molar-refractivity contribution >= 4 is 22.4 Å². The molecule has 0 aromatic heterocycles. The maximum atomic E-state index is 12.0. The summed E-state index contributed by atoms with van der Waals surface area (Å²) in [5, 5.41) is 0. The molecular formula is C12H15O5Si. The van der Waals surface area contributed by atoms with Crippen molar-refractivity contribution in [2.45, 2.75) is 13.0 Å². The maximum absolute atomic E-state index is 12.0. The third-order valence-corrected chi connectivity index (χ3v) is 4.11. The third-order valence-electron chi connectivity index (χ3n) is 3.73. The lowest BCUT2D eigenvalue weighted by molar-refractivity contribution is -0.157. The van der Waals surface area contributed by atoms with Crippen LogP contribution in [0.5, 0.6) is 0 Å². The number of carbonyl (C=O) groups excluding carboxylic acids is 2. The Kier molecular flexibility index (Phi) is 3.87. The summed E-state index contributed by atoms with van der Waals surface area (Å²) in [7, 11) is 4.31. The van der Waals surface area contributed by atoms with Crippen LogP contribution in [0.3, 0.4) is 0 Å². The summed E-state index contributed by atoms with van der Waals surface area (Å²) < 4.78 is 14.9. The molecule has 1 fully saturated rings. The van der Waals surface area contributed by atoms with E-state index < -0.39 is 17.8 Å². The average molecular weight is 267 g/mol. The van der Waals surface area contributed by atoms with Crippen LogP contribution < -0.4 is 0 Å². The molecule has 1 aliphatic heterocycles. The van der Waals surface area contributed by atoms with Crippen molar-refractivity contribution < 1.29 is 23.5 Å². The molecule has 1 saturated heterocycles. The van der Waals surface area contributed by atoms with E-state index in [1.54, 1.807) is 0 Å². The summed E-state index contributed by atoms with van der Waals surface area (Å²) in [5.74, 6) is -1.98. The van der Waals surface area contributed by atoms with Gasteiger partial charge in [0, 0.05) is 17.9 Å². The van der Waals surface area contributed by atoms with E-state index in [4.69, 9.17) is 13.9 Å². The first-order valence-corrected chi connectivity index (χ1v) is 6.26. The summed E-state index contributed by atoms with van der Waals surface area (Å²) in [5.41, 5.74) is 0. The van der Waals surface area contributed by atoms with Crippen molar-refractivity contribution in [3.05, 3.63) is 12.2 Å². The van der Waals surface area contributed by atoms with E-state index in [1.165, 1.54) is 7.11 Å². The van der Waals surface area contributed by atoms with Crippen LogP contribution in [0.15, 0.2) is 12.2 Å². The highest BCUT2D eigenvalue weighted by Gasteiger charge is 2.51. The molecule has 0 aromatic rings. The average Bonchev–Trinajstić information content (AvgIpc) is 2.77. The Morgan fingerprint density at radius 1 is 1.56 bits per heavy atom. The molecule has 2 rings (SSSR count). The lowest BCUT2D eigenvalue weighted by Gasteiger charge is -2.34. The van der Waals surface area contributed by atoms with E-state index in [0.717, 1.165) is 0 Å². The molecule has 0 aromatic carbocycles. The van der Waals surface area contributed by atoms with Crippen LogP contribution >= 0.6 is 0 Å². The fourth-order valence-corrected chi connectivity index (χ4v) is 2.90. The van der Waals surface area contributed by atoms with Crippen LogP contribution in [0, 0.1) is 23.7 Å². The number of carbonyl (C=O) groups is 2. The van der Waals surface area contributed by atoms with E-state index in [9.17, 15) is 9.59 Å². The molecule has 6 heteroatoms. The summed E-state index contributed by atoms with van der Waals surface area (Å²) >= 11 is 0. The number of esters is 2. The smallest absolute Gasteiger partial charge is 0.310 e. The van der Waals surface area contributed by atoms with Gasteiger partial charge in [-0.2, -0.15) is 0 Å². The molecule has 2 aliphatic rings. The molecule has 0 saturated carbocycles. The zero-order valence-electron chi connectivity index (χ0n) is 10.3. The zero-order valence-corrected chi connectivity index (χ0v) is 11.3. The van der Waals surface area contributed by atoms with Crippen LogP contribution in [0.1, 0.15) is 6.92 Å². The summed E-state index contributed by atoms with van der Waals surface area (Å²) in [6.45, 7) is 2.17. The Hall–Kier alpha value is -1.14. The number of fused-ring (bicyclic) bond motifs is 1. The topological polar surface area (TPSA) is 61.8 Å². The van der Waals surface area contributed by atoms with Crippen molar-refractivity contribution in [1.29, 1.82) is 0 Å². The second-order valence-electron chi connectivity index (χ2n) is 4.65. The molecule has 5 nitrogen and oxygen atoms in total. The number of methoxy groups -OCH3 is 1. The Bertz CT molecular complexity index is 381. The van der Waals surface area contributed by atoms with Crippen LogP contribution in [0.2, 0.25) is 0 Å². The highest BCUT2D eigenvalue weighted by Crippen LogP contribution is 2.41. The summed E-state index contributed by atoms with van der Waals surface area (Å²) in [6.07, 6.45) is 3.60. The molecule has 1 heterocycles. The molecular weight excluding hydrogens is 252 g/mol. The number of rotatable bonds is 3. The van der Waals surface area contributed by atoms with E-state index in [2.05, 4.69) is 10.5 Å². The van der Waals surface area contributed by atoms with Gasteiger partial charge in [-0.15, -0.1) is 0 Å². The monoisotopic (exact) mass is 267 g/mol. The second kappa shape index (κ2) is 5.24. The van der Waals surface area contributed by atoms with Crippen molar-refractivity contribution in [2.75, 3.05) is 13.7 Å². The Balaban J connectivity index is 2.33. The highest BCUT2D eigenvalue weighted by molar-refractivity contribution is 5.98. The summed E-state index contributed by atoms with van der Waals surface area (Å²) in [4.78, 5) is 23.7. The molecule has 3 radical (unpaired) electrons. The largest absolute Gasteiger partial charge is 0.469 e. The van der Waals surface area contributed by atoms with Gasteiger partial charge in [-0.1, -0.05) is 12.2 Å². The van der Waals surface area contributed by atoms with Crippen molar-refractivity contribution in [2.24, 2.45) is 23.7 Å². The normalized spacial score (nSPS) is 35.8. The first kappa shape index (κ1) is 13.3. The predicted octanol–water partition coefficient (Wildman–Crippen LogP) is 0.239. The van der Waals surface area contributed by atoms with Gasteiger partial charge in [-0.25, -0.2) is 0 Å². The van der Waals surface area contributed by atoms with E-state index >= 15 is 0 Å². The second-order valence-corrected chi connectivity index (χ2v) is 4.89. The minimum absolute atomic E-state index is 0.0419. The predicted molar refractivity (Wildman–Crippen MR) is 62.4 cm³/mol. The van der Waals surface area contributed by atoms with Gasteiger partial charge < -0.3 is 13.9 Å².